The molecule has 0 bridgehead atoms. The fourth-order valence-electron chi connectivity index (χ4n) is 4.56. The highest BCUT2D eigenvalue weighted by Crippen LogP contribution is 2.33. The summed E-state index contributed by atoms with van der Waals surface area (Å²) >= 11 is 0. The third-order valence-electron chi connectivity index (χ3n) is 6.34. The number of hydrogen-bond donors (Lipinski definition) is 0. The second kappa shape index (κ2) is 8.63. The largest absolute Gasteiger partial charge is 0.461 e. The van der Waals surface area contributed by atoms with Gasteiger partial charge in [0.2, 0.25) is 0 Å². The van der Waals surface area contributed by atoms with Crippen molar-refractivity contribution >= 4 is 16.9 Å². The number of halogens is 3. The predicted octanol–water partition coefficient (Wildman–Crippen LogP) is 6.84. The van der Waals surface area contributed by atoms with Crippen LogP contribution in [0.1, 0.15) is 46.1 Å². The first-order valence-corrected chi connectivity index (χ1v) is 11.2. The number of rotatable bonds is 3. The lowest BCUT2D eigenvalue weighted by Gasteiger charge is -2.32. The first kappa shape index (κ1) is 22.2. The summed E-state index contributed by atoms with van der Waals surface area (Å²) in [4.78, 5) is 19.6. The highest BCUT2D eigenvalue weighted by Gasteiger charge is 2.31. The van der Waals surface area contributed by atoms with Gasteiger partial charge in [-0.1, -0.05) is 18.2 Å². The Kier molecular flexibility index (Phi) is 5.63. The lowest BCUT2D eigenvalue weighted by molar-refractivity contribution is -0.137. The van der Waals surface area contributed by atoms with Crippen molar-refractivity contribution in [3.8, 4) is 11.3 Å². The number of carbonyl (C=O) groups is 1. The SMILES string of the molecule is Cc1cc2cc(C(=O)N3CCC(c4cccc(-c5cccc(C(F)(F)F)c5)n4)CC3)ccc2o1. The number of pyridine rings is 1. The summed E-state index contributed by atoms with van der Waals surface area (Å²) in [5, 5.41) is 0.911. The van der Waals surface area contributed by atoms with Crippen molar-refractivity contribution in [1.29, 1.82) is 0 Å². The first-order chi connectivity index (χ1) is 16.3. The number of amides is 1. The number of hydrogen-bond acceptors (Lipinski definition) is 3. The zero-order valence-electron chi connectivity index (χ0n) is 18.6. The molecule has 1 aliphatic rings. The summed E-state index contributed by atoms with van der Waals surface area (Å²) in [5.74, 6) is 0.943. The minimum absolute atomic E-state index is 0.00937. The van der Waals surface area contributed by atoms with Crippen LogP contribution in [-0.4, -0.2) is 28.9 Å². The Morgan fingerprint density at radius 1 is 1.00 bits per heavy atom. The van der Waals surface area contributed by atoms with Gasteiger partial charge in [0.05, 0.1) is 11.3 Å². The van der Waals surface area contributed by atoms with Crippen LogP contribution in [0.25, 0.3) is 22.2 Å². The van der Waals surface area contributed by atoms with Crippen molar-refractivity contribution in [3.63, 3.8) is 0 Å². The molecule has 0 aliphatic carbocycles. The number of aromatic nitrogens is 1. The Labute approximate surface area is 195 Å². The molecule has 0 saturated carbocycles. The topological polar surface area (TPSA) is 46.3 Å². The predicted molar refractivity (Wildman–Crippen MR) is 124 cm³/mol. The fraction of sp³-hybridized carbons (Fsp3) is 0.259. The van der Waals surface area contributed by atoms with Gasteiger partial charge < -0.3 is 9.32 Å². The van der Waals surface area contributed by atoms with E-state index in [1.807, 2.05) is 42.2 Å². The van der Waals surface area contributed by atoms with Crippen LogP contribution in [0.4, 0.5) is 13.2 Å². The van der Waals surface area contributed by atoms with E-state index < -0.39 is 11.7 Å². The molecule has 0 spiro atoms. The van der Waals surface area contributed by atoms with Crippen LogP contribution in [0.2, 0.25) is 0 Å². The molecule has 1 fully saturated rings. The average Bonchev–Trinajstić information content (AvgIpc) is 3.22. The van der Waals surface area contributed by atoms with E-state index in [0.29, 0.717) is 29.9 Å². The first-order valence-electron chi connectivity index (χ1n) is 11.2. The van der Waals surface area contributed by atoms with Crippen molar-refractivity contribution in [2.75, 3.05) is 13.1 Å². The zero-order chi connectivity index (χ0) is 23.9. The number of likely N-dealkylation sites (tertiary alicyclic amines) is 1. The number of aryl methyl sites for hydroxylation is 1. The summed E-state index contributed by atoms with van der Waals surface area (Å²) in [6.45, 7) is 3.07. The molecule has 4 aromatic rings. The van der Waals surface area contributed by atoms with Crippen LogP contribution in [0, 0.1) is 6.92 Å². The quantitative estimate of drug-likeness (QED) is 0.333. The molecular weight excluding hydrogens is 441 g/mol. The van der Waals surface area contributed by atoms with E-state index >= 15 is 0 Å². The summed E-state index contributed by atoms with van der Waals surface area (Å²) < 4.78 is 44.9. The molecule has 0 radical (unpaired) electrons. The molecule has 2 aromatic carbocycles. The maximum Gasteiger partial charge on any atom is 0.416 e. The van der Waals surface area contributed by atoms with Crippen LogP contribution in [0.15, 0.2) is 71.1 Å². The Balaban J connectivity index is 1.29. The Morgan fingerprint density at radius 2 is 1.76 bits per heavy atom. The molecule has 2 aromatic heterocycles. The minimum Gasteiger partial charge on any atom is -0.461 e. The molecule has 7 heteroatoms. The van der Waals surface area contributed by atoms with Gasteiger partial charge in [-0.05, 0) is 68.3 Å². The molecule has 1 aliphatic heterocycles. The van der Waals surface area contributed by atoms with Crippen LogP contribution in [0.5, 0.6) is 0 Å². The van der Waals surface area contributed by atoms with Gasteiger partial charge in [0.25, 0.3) is 5.91 Å². The Morgan fingerprint density at radius 3 is 2.53 bits per heavy atom. The van der Waals surface area contributed by atoms with E-state index in [1.165, 1.54) is 6.07 Å². The molecule has 174 valence electrons. The number of fused-ring (bicyclic) bond motifs is 1. The van der Waals surface area contributed by atoms with Gasteiger partial charge in [0.1, 0.15) is 11.3 Å². The second-order valence-electron chi connectivity index (χ2n) is 8.70. The number of furan rings is 1. The van der Waals surface area contributed by atoms with Crippen LogP contribution in [0.3, 0.4) is 0 Å². The maximum absolute atomic E-state index is 13.1. The summed E-state index contributed by atoms with van der Waals surface area (Å²) in [7, 11) is 0. The molecule has 3 heterocycles. The van der Waals surface area contributed by atoms with E-state index in [4.69, 9.17) is 4.42 Å². The summed E-state index contributed by atoms with van der Waals surface area (Å²) in [6.07, 6.45) is -2.90. The van der Waals surface area contributed by atoms with Gasteiger partial charge in [-0.25, -0.2) is 0 Å². The summed E-state index contributed by atoms with van der Waals surface area (Å²) in [5.41, 5.74) is 2.51. The molecule has 1 saturated heterocycles. The smallest absolute Gasteiger partial charge is 0.416 e. The van der Waals surface area contributed by atoms with Gasteiger partial charge >= 0.3 is 6.18 Å². The fourth-order valence-corrected chi connectivity index (χ4v) is 4.56. The van der Waals surface area contributed by atoms with Crippen molar-refractivity contribution in [2.45, 2.75) is 31.9 Å². The van der Waals surface area contributed by atoms with Crippen molar-refractivity contribution in [2.24, 2.45) is 0 Å². The molecule has 0 unspecified atom stereocenters. The number of carbonyl (C=O) groups excluding carboxylic acids is 1. The molecule has 34 heavy (non-hydrogen) atoms. The van der Waals surface area contributed by atoms with E-state index in [-0.39, 0.29) is 11.8 Å². The van der Waals surface area contributed by atoms with Gasteiger partial charge in [0.15, 0.2) is 0 Å². The normalized spacial score (nSPS) is 15.1. The lowest BCUT2D eigenvalue weighted by atomic mass is 9.92. The highest BCUT2D eigenvalue weighted by atomic mass is 19.4. The van der Waals surface area contributed by atoms with Gasteiger partial charge in [0, 0.05) is 41.2 Å². The number of alkyl halides is 3. The number of piperidine rings is 1. The maximum atomic E-state index is 13.1. The van der Waals surface area contributed by atoms with Crippen molar-refractivity contribution < 1.29 is 22.4 Å². The molecule has 4 nitrogen and oxygen atoms in total. The lowest BCUT2D eigenvalue weighted by Crippen LogP contribution is -2.38. The molecular formula is C27H23F3N2O2. The van der Waals surface area contributed by atoms with E-state index in [2.05, 4.69) is 4.98 Å². The summed E-state index contributed by atoms with van der Waals surface area (Å²) in [6, 6.07) is 18.1. The Hall–Kier alpha value is -3.61. The van der Waals surface area contributed by atoms with Crippen LogP contribution < -0.4 is 0 Å². The highest BCUT2D eigenvalue weighted by molar-refractivity contribution is 5.97. The van der Waals surface area contributed by atoms with Gasteiger partial charge in [-0.3, -0.25) is 9.78 Å². The molecule has 0 atom stereocenters. The van der Waals surface area contributed by atoms with E-state index in [9.17, 15) is 18.0 Å². The van der Waals surface area contributed by atoms with Crippen molar-refractivity contribution in [1.82, 2.24) is 9.88 Å². The molecule has 5 rings (SSSR count). The average molecular weight is 464 g/mol. The van der Waals surface area contributed by atoms with E-state index in [1.54, 1.807) is 18.2 Å². The Bertz CT molecular complexity index is 1350. The van der Waals surface area contributed by atoms with Crippen LogP contribution in [-0.2, 0) is 6.18 Å². The number of nitrogens with zero attached hydrogens (tertiary/aromatic N) is 2. The monoisotopic (exact) mass is 464 g/mol. The third-order valence-corrected chi connectivity index (χ3v) is 6.34. The second-order valence-corrected chi connectivity index (χ2v) is 8.70. The van der Waals surface area contributed by atoms with Gasteiger partial charge in [-0.2, -0.15) is 13.2 Å². The van der Waals surface area contributed by atoms with Crippen LogP contribution >= 0.6 is 0 Å². The molecule has 0 N–H and O–H groups in total. The number of benzene rings is 2. The zero-order valence-corrected chi connectivity index (χ0v) is 18.6. The molecule has 1 amide bonds. The van der Waals surface area contributed by atoms with Crippen molar-refractivity contribution in [3.05, 3.63) is 89.3 Å². The third kappa shape index (κ3) is 4.42. The van der Waals surface area contributed by atoms with Gasteiger partial charge in [-0.15, -0.1) is 0 Å². The minimum atomic E-state index is -4.39. The van der Waals surface area contributed by atoms with E-state index in [0.717, 1.165) is 47.4 Å². The standard InChI is InChI=1S/C27H23F3N2O2/c1-17-14-21-15-20(8-9-25(21)34-17)26(33)32-12-10-18(11-13-32)23-6-3-7-24(31-23)19-4-2-5-22(16-19)27(28,29)30/h2-9,14-16,18H,10-13H2,1H3.